The topological polar surface area (TPSA) is 71.7 Å². The van der Waals surface area contributed by atoms with Crippen molar-refractivity contribution in [2.24, 2.45) is 11.8 Å². The average molecular weight is 440 g/mol. The summed E-state index contributed by atoms with van der Waals surface area (Å²) in [6.07, 6.45) is 6.57. The number of hydrogen-bond donors (Lipinski definition) is 2. The molecule has 2 N–H and O–H groups in total. The van der Waals surface area contributed by atoms with Crippen LogP contribution >= 0.6 is 0 Å². The zero-order chi connectivity index (χ0) is 22.7. The van der Waals surface area contributed by atoms with Gasteiger partial charge < -0.3 is 25.0 Å². The van der Waals surface area contributed by atoms with E-state index in [4.69, 9.17) is 0 Å². The van der Waals surface area contributed by atoms with Gasteiger partial charge in [-0.25, -0.2) is 0 Å². The lowest BCUT2D eigenvalue weighted by molar-refractivity contribution is -0.135. The van der Waals surface area contributed by atoms with Gasteiger partial charge in [-0.2, -0.15) is 0 Å². The smallest absolute Gasteiger partial charge is 0.252 e. The summed E-state index contributed by atoms with van der Waals surface area (Å²) in [5, 5.41) is 4.07. The number of nitrogens with one attached hydrogen (secondary N) is 2. The Morgan fingerprint density at radius 3 is 2.38 bits per heavy atom. The molecule has 2 fully saturated rings. The predicted molar refractivity (Wildman–Crippen MR) is 128 cm³/mol. The number of H-pyrrole nitrogens is 1. The summed E-state index contributed by atoms with van der Waals surface area (Å²) in [4.78, 5) is 35.8. The van der Waals surface area contributed by atoms with Crippen LogP contribution in [0.4, 0.5) is 0 Å². The first-order chi connectivity index (χ1) is 15.4. The molecule has 7 heteroatoms. The lowest BCUT2D eigenvalue weighted by Gasteiger charge is -2.40. The molecule has 32 heavy (non-hydrogen) atoms. The number of aromatic nitrogens is 1. The molecule has 4 rings (SSSR count). The highest BCUT2D eigenvalue weighted by atomic mass is 16.2. The van der Waals surface area contributed by atoms with E-state index in [9.17, 15) is 9.59 Å². The maximum atomic E-state index is 13.4. The minimum absolute atomic E-state index is 0.0369. The second-order valence-electron chi connectivity index (χ2n) is 9.87. The number of piperidine rings is 2. The molecule has 0 unspecified atom stereocenters. The molecule has 1 aromatic carbocycles. The van der Waals surface area contributed by atoms with E-state index in [0.29, 0.717) is 12.1 Å². The van der Waals surface area contributed by atoms with E-state index in [-0.39, 0.29) is 11.8 Å². The van der Waals surface area contributed by atoms with Crippen LogP contribution in [0.2, 0.25) is 0 Å². The normalized spacial score (nSPS) is 20.1. The maximum Gasteiger partial charge on any atom is 0.252 e. The Labute approximate surface area is 191 Å². The van der Waals surface area contributed by atoms with Gasteiger partial charge in [-0.1, -0.05) is 6.07 Å². The van der Waals surface area contributed by atoms with Gasteiger partial charge in [-0.3, -0.25) is 9.59 Å². The van der Waals surface area contributed by atoms with E-state index in [1.807, 2.05) is 54.4 Å². The molecule has 174 valence electrons. The van der Waals surface area contributed by atoms with Crippen LogP contribution in [-0.2, 0) is 4.79 Å². The summed E-state index contributed by atoms with van der Waals surface area (Å²) >= 11 is 0. The van der Waals surface area contributed by atoms with Gasteiger partial charge in [0, 0.05) is 36.9 Å². The number of aromatic amines is 1. The molecule has 2 saturated heterocycles. The second kappa shape index (κ2) is 10.0. The first-order valence-electron chi connectivity index (χ1n) is 11.9. The summed E-state index contributed by atoms with van der Waals surface area (Å²) in [5.74, 6) is 1.35. The Morgan fingerprint density at radius 2 is 1.72 bits per heavy atom. The predicted octanol–water partition coefficient (Wildman–Crippen LogP) is 2.41. The van der Waals surface area contributed by atoms with Crippen LogP contribution in [0.1, 0.15) is 36.0 Å². The van der Waals surface area contributed by atoms with Gasteiger partial charge in [0.2, 0.25) is 5.91 Å². The zero-order valence-electron chi connectivity index (χ0n) is 19.6. The number of nitrogens with zero attached hydrogens (tertiary/aromatic N) is 3. The van der Waals surface area contributed by atoms with Crippen LogP contribution in [0.3, 0.4) is 0 Å². The van der Waals surface area contributed by atoms with Gasteiger partial charge in [0.05, 0.1) is 0 Å². The van der Waals surface area contributed by atoms with E-state index in [1.54, 1.807) is 0 Å². The van der Waals surface area contributed by atoms with Gasteiger partial charge in [0.1, 0.15) is 6.04 Å². The van der Waals surface area contributed by atoms with Crippen LogP contribution in [0.5, 0.6) is 0 Å². The van der Waals surface area contributed by atoms with Crippen LogP contribution in [0.15, 0.2) is 30.5 Å². The molecule has 0 radical (unpaired) electrons. The van der Waals surface area contributed by atoms with Gasteiger partial charge in [-0.15, -0.1) is 0 Å². The number of fused-ring (bicyclic) bond motifs is 1. The fourth-order valence-corrected chi connectivity index (χ4v) is 5.29. The third-order valence-corrected chi connectivity index (χ3v) is 7.25. The van der Waals surface area contributed by atoms with Crippen molar-refractivity contribution in [1.29, 1.82) is 0 Å². The molecule has 0 spiro atoms. The minimum atomic E-state index is -0.545. The zero-order valence-corrected chi connectivity index (χ0v) is 19.6. The summed E-state index contributed by atoms with van der Waals surface area (Å²) < 4.78 is 0. The average Bonchev–Trinajstić information content (AvgIpc) is 3.26. The Kier molecular flexibility index (Phi) is 7.16. The van der Waals surface area contributed by atoms with Crippen molar-refractivity contribution in [2.75, 3.05) is 53.9 Å². The molecular formula is C25H37N5O2. The van der Waals surface area contributed by atoms with Crippen molar-refractivity contribution in [3.8, 4) is 0 Å². The Hall–Kier alpha value is -2.38. The van der Waals surface area contributed by atoms with E-state index >= 15 is 0 Å². The van der Waals surface area contributed by atoms with E-state index < -0.39 is 6.04 Å². The number of benzene rings is 1. The molecule has 0 saturated carbocycles. The molecule has 1 aromatic heterocycles. The third kappa shape index (κ3) is 5.33. The lowest BCUT2D eigenvalue weighted by atomic mass is 9.79. The standard InChI is InChI=1S/C25H37N5O2/c1-28(2)17-23(27-24(31)21-5-4-20-6-11-26-22(20)16-21)25(32)30-14-9-19(10-15-30)18-7-12-29(3)13-8-18/h4-6,11,16,18-19,23,26H,7-10,12-15,17H2,1-3H3,(H,27,31)/t23-/m1/s1. The molecule has 2 aliphatic heterocycles. The number of likely N-dealkylation sites (N-methyl/N-ethyl adjacent to an activating group) is 1. The Balaban J connectivity index is 1.37. The number of carbonyl (C=O) groups is 2. The Bertz CT molecular complexity index is 923. The van der Waals surface area contributed by atoms with Gasteiger partial charge in [0.15, 0.2) is 0 Å². The minimum Gasteiger partial charge on any atom is -0.361 e. The Morgan fingerprint density at radius 1 is 1.06 bits per heavy atom. The summed E-state index contributed by atoms with van der Waals surface area (Å²) in [7, 11) is 6.07. The summed E-state index contributed by atoms with van der Waals surface area (Å²) in [5.41, 5.74) is 1.49. The van der Waals surface area contributed by atoms with Crippen molar-refractivity contribution in [2.45, 2.75) is 31.7 Å². The highest BCUT2D eigenvalue weighted by Crippen LogP contribution is 2.32. The number of amides is 2. The molecule has 2 aromatic rings. The molecule has 2 aliphatic rings. The highest BCUT2D eigenvalue weighted by Gasteiger charge is 2.33. The van der Waals surface area contributed by atoms with Crippen LogP contribution in [0, 0.1) is 11.8 Å². The molecule has 3 heterocycles. The number of likely N-dealkylation sites (tertiary alicyclic amines) is 2. The second-order valence-corrected chi connectivity index (χ2v) is 9.87. The molecular weight excluding hydrogens is 402 g/mol. The monoisotopic (exact) mass is 439 g/mol. The van der Waals surface area contributed by atoms with E-state index in [1.165, 1.54) is 25.9 Å². The SMILES string of the molecule is CN(C)C[C@@H](NC(=O)c1ccc2cc[nH]c2c1)C(=O)N1CCC(C2CCN(C)CC2)CC1. The third-order valence-electron chi connectivity index (χ3n) is 7.25. The van der Waals surface area contributed by atoms with Crippen LogP contribution in [-0.4, -0.2) is 91.4 Å². The van der Waals surface area contributed by atoms with Crippen molar-refractivity contribution in [3.05, 3.63) is 36.0 Å². The fraction of sp³-hybridized carbons (Fsp3) is 0.600. The van der Waals surface area contributed by atoms with Crippen molar-refractivity contribution >= 4 is 22.7 Å². The first-order valence-corrected chi connectivity index (χ1v) is 11.9. The van der Waals surface area contributed by atoms with Crippen LogP contribution < -0.4 is 5.32 Å². The van der Waals surface area contributed by atoms with Gasteiger partial charge in [0.25, 0.3) is 5.91 Å². The lowest BCUT2D eigenvalue weighted by Crippen LogP contribution is -2.54. The maximum absolute atomic E-state index is 13.4. The summed E-state index contributed by atoms with van der Waals surface area (Å²) in [6.45, 7) is 4.46. The van der Waals surface area contributed by atoms with Crippen molar-refractivity contribution in [1.82, 2.24) is 25.0 Å². The molecule has 0 aliphatic carbocycles. The first kappa shape index (κ1) is 22.8. The fourth-order valence-electron chi connectivity index (χ4n) is 5.29. The van der Waals surface area contributed by atoms with Crippen molar-refractivity contribution < 1.29 is 9.59 Å². The number of hydrogen-bond acceptors (Lipinski definition) is 4. The number of carbonyl (C=O) groups excluding carboxylic acids is 2. The van der Waals surface area contributed by atoms with E-state index in [2.05, 4.69) is 22.2 Å². The van der Waals surface area contributed by atoms with Crippen molar-refractivity contribution in [3.63, 3.8) is 0 Å². The van der Waals surface area contributed by atoms with E-state index in [0.717, 1.165) is 48.7 Å². The highest BCUT2D eigenvalue weighted by molar-refractivity contribution is 6.00. The molecule has 7 nitrogen and oxygen atoms in total. The van der Waals surface area contributed by atoms with Crippen LogP contribution in [0.25, 0.3) is 10.9 Å². The molecule has 0 bridgehead atoms. The largest absolute Gasteiger partial charge is 0.361 e. The van der Waals surface area contributed by atoms with Gasteiger partial charge >= 0.3 is 0 Å². The number of rotatable bonds is 6. The van der Waals surface area contributed by atoms with Gasteiger partial charge in [-0.05, 0) is 95.3 Å². The molecule has 2 amide bonds. The quantitative estimate of drug-likeness (QED) is 0.725. The molecule has 1 atom stereocenters. The summed E-state index contributed by atoms with van der Waals surface area (Å²) in [6, 6.07) is 7.02.